The quantitative estimate of drug-likeness (QED) is 0.607. The van der Waals surface area contributed by atoms with E-state index in [-0.39, 0.29) is 0 Å². The van der Waals surface area contributed by atoms with Crippen LogP contribution < -0.4 is 0 Å². The van der Waals surface area contributed by atoms with E-state index in [1.165, 1.54) is 0 Å². The molecule has 0 aromatic rings. The molecule has 0 N–H and O–H groups in total. The minimum Gasteiger partial charge on any atom is -0.0876 e. The molecule has 0 aliphatic heterocycles. The van der Waals surface area contributed by atoms with Gasteiger partial charge in [-0.05, 0) is 24.1 Å². The van der Waals surface area contributed by atoms with Crippen LogP contribution in [0.1, 0.15) is 6.92 Å². The SMILES string of the molecule is C\C=C/C=C(Cl)\C=C\Br. The molecule has 0 fully saturated rings. The van der Waals surface area contributed by atoms with E-state index in [1.807, 2.05) is 25.2 Å². The third kappa shape index (κ3) is 5.87. The Morgan fingerprint density at radius 1 is 1.56 bits per heavy atom. The Kier molecular flexibility index (Phi) is 6.11. The van der Waals surface area contributed by atoms with E-state index in [0.717, 1.165) is 0 Å². The van der Waals surface area contributed by atoms with E-state index in [4.69, 9.17) is 11.6 Å². The number of hydrogen-bond acceptors (Lipinski definition) is 0. The van der Waals surface area contributed by atoms with Crippen molar-refractivity contribution in [1.29, 1.82) is 0 Å². The van der Waals surface area contributed by atoms with Gasteiger partial charge in [-0.2, -0.15) is 0 Å². The summed E-state index contributed by atoms with van der Waals surface area (Å²) < 4.78 is 0. The van der Waals surface area contributed by atoms with Crippen LogP contribution in [-0.4, -0.2) is 0 Å². The molecule has 0 saturated carbocycles. The standard InChI is InChI=1S/C7H8BrCl/c1-2-3-4-7(9)5-6-8/h2-6H,1H3/b3-2-,6-5+,7-4+. The lowest BCUT2D eigenvalue weighted by atomic mass is 10.4. The van der Waals surface area contributed by atoms with Crippen LogP contribution in [0, 0.1) is 0 Å². The maximum Gasteiger partial charge on any atom is 0.0411 e. The molecule has 0 spiro atoms. The summed E-state index contributed by atoms with van der Waals surface area (Å²) in [6.45, 7) is 1.94. The molecule has 0 aliphatic carbocycles. The molecule has 0 aliphatic rings. The van der Waals surface area contributed by atoms with E-state index in [0.29, 0.717) is 5.03 Å². The van der Waals surface area contributed by atoms with Gasteiger partial charge in [0, 0.05) is 5.03 Å². The third-order valence-corrected chi connectivity index (χ3v) is 1.19. The molecule has 0 nitrogen and oxygen atoms in total. The van der Waals surface area contributed by atoms with Crippen LogP contribution in [0.3, 0.4) is 0 Å². The molecule has 0 aromatic heterocycles. The first kappa shape index (κ1) is 8.99. The molecule has 0 rings (SSSR count). The second-order valence-electron chi connectivity index (χ2n) is 1.37. The van der Waals surface area contributed by atoms with Crippen LogP contribution in [0.15, 0.2) is 34.3 Å². The molecule has 0 saturated heterocycles. The number of rotatable bonds is 2. The van der Waals surface area contributed by atoms with Gasteiger partial charge >= 0.3 is 0 Å². The third-order valence-electron chi connectivity index (χ3n) is 0.670. The van der Waals surface area contributed by atoms with Gasteiger partial charge in [0.15, 0.2) is 0 Å². The molecule has 0 aromatic carbocycles. The molecule has 2 heteroatoms. The van der Waals surface area contributed by atoms with Crippen molar-refractivity contribution in [2.24, 2.45) is 0 Å². The first-order chi connectivity index (χ1) is 4.31. The highest BCUT2D eigenvalue weighted by Gasteiger charge is 1.76. The lowest BCUT2D eigenvalue weighted by molar-refractivity contribution is 1.72. The molecule has 0 atom stereocenters. The topological polar surface area (TPSA) is 0 Å². The zero-order chi connectivity index (χ0) is 7.11. The fourth-order valence-corrected chi connectivity index (χ4v) is 0.877. The fraction of sp³-hybridized carbons (Fsp3) is 0.143. The van der Waals surface area contributed by atoms with E-state index in [9.17, 15) is 0 Å². The van der Waals surface area contributed by atoms with Gasteiger partial charge in [-0.3, -0.25) is 0 Å². The maximum absolute atomic E-state index is 5.65. The summed E-state index contributed by atoms with van der Waals surface area (Å²) in [5, 5.41) is 0.713. The van der Waals surface area contributed by atoms with E-state index in [1.54, 1.807) is 11.1 Å². The number of allylic oxidation sites excluding steroid dienone is 5. The van der Waals surface area contributed by atoms with Crippen molar-refractivity contribution < 1.29 is 0 Å². The zero-order valence-electron chi connectivity index (χ0n) is 5.14. The largest absolute Gasteiger partial charge is 0.0876 e. The second kappa shape index (κ2) is 6.12. The van der Waals surface area contributed by atoms with E-state index >= 15 is 0 Å². The summed E-state index contributed by atoms with van der Waals surface area (Å²) in [5.74, 6) is 0. The van der Waals surface area contributed by atoms with Gasteiger partial charge in [0.25, 0.3) is 0 Å². The van der Waals surface area contributed by atoms with Crippen molar-refractivity contribution in [2.75, 3.05) is 0 Å². The zero-order valence-corrected chi connectivity index (χ0v) is 7.48. The highest BCUT2D eigenvalue weighted by Crippen LogP contribution is 2.04. The highest BCUT2D eigenvalue weighted by molar-refractivity contribution is 9.11. The van der Waals surface area contributed by atoms with Gasteiger partial charge in [-0.1, -0.05) is 39.7 Å². The van der Waals surface area contributed by atoms with Crippen molar-refractivity contribution >= 4 is 27.5 Å². The average Bonchev–Trinajstić information content (AvgIpc) is 1.85. The fourth-order valence-electron chi connectivity index (χ4n) is 0.304. The van der Waals surface area contributed by atoms with Crippen molar-refractivity contribution in [3.63, 3.8) is 0 Å². The van der Waals surface area contributed by atoms with Gasteiger partial charge in [-0.25, -0.2) is 0 Å². The van der Waals surface area contributed by atoms with Gasteiger partial charge in [0.1, 0.15) is 0 Å². The average molecular weight is 207 g/mol. The predicted octanol–water partition coefficient (Wildman–Crippen LogP) is 3.59. The summed E-state index contributed by atoms with van der Waals surface area (Å²) in [4.78, 5) is 1.72. The molecule has 0 unspecified atom stereocenters. The van der Waals surface area contributed by atoms with Crippen LogP contribution in [0.5, 0.6) is 0 Å². The van der Waals surface area contributed by atoms with Gasteiger partial charge in [0.05, 0.1) is 0 Å². The Morgan fingerprint density at radius 2 is 2.22 bits per heavy atom. The van der Waals surface area contributed by atoms with Crippen molar-refractivity contribution in [3.8, 4) is 0 Å². The van der Waals surface area contributed by atoms with E-state index in [2.05, 4.69) is 15.9 Å². The lowest BCUT2D eigenvalue weighted by Crippen LogP contribution is -1.57. The molecule has 9 heavy (non-hydrogen) atoms. The minimum absolute atomic E-state index is 0.713. The summed E-state index contributed by atoms with van der Waals surface area (Å²) >= 11 is 8.76. The second-order valence-corrected chi connectivity index (χ2v) is 2.34. The molecular formula is C7H8BrCl. The summed E-state index contributed by atoms with van der Waals surface area (Å²) in [5.41, 5.74) is 0. The van der Waals surface area contributed by atoms with Crippen LogP contribution in [0.2, 0.25) is 0 Å². The summed E-state index contributed by atoms with van der Waals surface area (Å²) in [7, 11) is 0. The number of halogens is 2. The Balaban J connectivity index is 3.84. The predicted molar refractivity (Wildman–Crippen MR) is 46.8 cm³/mol. The maximum atomic E-state index is 5.65. The van der Waals surface area contributed by atoms with Crippen molar-refractivity contribution in [2.45, 2.75) is 6.92 Å². The molecule has 0 amide bonds. The monoisotopic (exact) mass is 206 g/mol. The normalized spacial score (nSPS) is 13.9. The Bertz CT molecular complexity index is 145. The summed E-state index contributed by atoms with van der Waals surface area (Å²) in [6.07, 6.45) is 7.39. The Labute approximate surface area is 69.0 Å². The van der Waals surface area contributed by atoms with Crippen LogP contribution in [-0.2, 0) is 0 Å². The number of hydrogen-bond donors (Lipinski definition) is 0. The molecule has 0 radical (unpaired) electrons. The van der Waals surface area contributed by atoms with Gasteiger partial charge in [-0.15, -0.1) is 0 Å². The van der Waals surface area contributed by atoms with Crippen molar-refractivity contribution in [1.82, 2.24) is 0 Å². The smallest absolute Gasteiger partial charge is 0.0411 e. The van der Waals surface area contributed by atoms with E-state index < -0.39 is 0 Å². The lowest BCUT2D eigenvalue weighted by Gasteiger charge is -1.80. The van der Waals surface area contributed by atoms with Crippen LogP contribution >= 0.6 is 27.5 Å². The Hall–Kier alpha value is -0.0100. The molecule has 0 heterocycles. The van der Waals surface area contributed by atoms with Gasteiger partial charge < -0.3 is 0 Å². The molecule has 0 bridgehead atoms. The summed E-state index contributed by atoms with van der Waals surface area (Å²) in [6, 6.07) is 0. The first-order valence-electron chi connectivity index (χ1n) is 2.56. The molecule has 50 valence electrons. The first-order valence-corrected chi connectivity index (χ1v) is 3.86. The van der Waals surface area contributed by atoms with Crippen LogP contribution in [0.4, 0.5) is 0 Å². The highest BCUT2D eigenvalue weighted by atomic mass is 79.9. The minimum atomic E-state index is 0.713. The Morgan fingerprint density at radius 3 is 2.67 bits per heavy atom. The van der Waals surface area contributed by atoms with Crippen molar-refractivity contribution in [3.05, 3.63) is 34.3 Å². The van der Waals surface area contributed by atoms with Crippen LogP contribution in [0.25, 0.3) is 0 Å². The van der Waals surface area contributed by atoms with Gasteiger partial charge in [0.2, 0.25) is 0 Å². The molecular weight excluding hydrogens is 199 g/mol.